The minimum absolute atomic E-state index is 0.0761. The summed E-state index contributed by atoms with van der Waals surface area (Å²) in [4.78, 5) is 18.3. The Labute approximate surface area is 169 Å². The van der Waals surface area contributed by atoms with E-state index in [9.17, 15) is 9.90 Å². The van der Waals surface area contributed by atoms with Crippen molar-refractivity contribution in [1.82, 2.24) is 14.5 Å². The number of fused-ring (bicyclic) bond motifs is 3. The number of hydrogen-bond acceptors (Lipinski definition) is 3. The Morgan fingerprint density at radius 2 is 2.14 bits per heavy atom. The highest BCUT2D eigenvalue weighted by Crippen LogP contribution is 2.34. The molecule has 6 heteroatoms. The van der Waals surface area contributed by atoms with Gasteiger partial charge in [-0.25, -0.2) is 0 Å². The molecule has 3 heterocycles. The summed E-state index contributed by atoms with van der Waals surface area (Å²) in [6, 6.07) is 9.95. The zero-order valence-electron chi connectivity index (χ0n) is 16.2. The van der Waals surface area contributed by atoms with Crippen LogP contribution in [0.5, 0.6) is 0 Å². The van der Waals surface area contributed by atoms with Crippen LogP contribution in [0.4, 0.5) is 0 Å². The third-order valence-electron chi connectivity index (χ3n) is 5.64. The number of likely N-dealkylation sites (N-methyl/N-ethyl adjacent to an activating group) is 1. The quantitative estimate of drug-likeness (QED) is 0.699. The Morgan fingerprint density at radius 1 is 1.32 bits per heavy atom. The number of rotatable bonds is 5. The molecule has 0 amide bonds. The molecular formula is C22H24ClN3O2. The van der Waals surface area contributed by atoms with Gasteiger partial charge in [-0.05, 0) is 49.4 Å². The zero-order chi connectivity index (χ0) is 19.8. The second-order valence-corrected chi connectivity index (χ2v) is 8.15. The molecule has 1 unspecified atom stereocenters. The number of aliphatic carboxylic acids is 1. The molecule has 0 bridgehead atoms. The maximum atomic E-state index is 11.6. The van der Waals surface area contributed by atoms with E-state index in [0.29, 0.717) is 6.54 Å². The molecule has 0 saturated carbocycles. The fourth-order valence-electron chi connectivity index (χ4n) is 4.21. The normalized spacial score (nSPS) is 15.5. The Hall–Kier alpha value is -2.37. The summed E-state index contributed by atoms with van der Waals surface area (Å²) < 4.78 is 2.31. The topological polar surface area (TPSA) is 58.4 Å². The molecule has 1 aliphatic rings. The van der Waals surface area contributed by atoms with Crippen LogP contribution in [-0.2, 0) is 24.3 Å². The van der Waals surface area contributed by atoms with Gasteiger partial charge in [-0.3, -0.25) is 9.78 Å². The fourth-order valence-corrected chi connectivity index (χ4v) is 4.38. The van der Waals surface area contributed by atoms with Crippen LogP contribution in [0.2, 0.25) is 5.02 Å². The molecule has 0 radical (unpaired) electrons. The summed E-state index contributed by atoms with van der Waals surface area (Å²) in [5, 5.41) is 11.4. The Morgan fingerprint density at radius 3 is 2.86 bits per heavy atom. The predicted molar refractivity (Wildman–Crippen MR) is 111 cm³/mol. The van der Waals surface area contributed by atoms with Gasteiger partial charge in [0, 0.05) is 65.5 Å². The van der Waals surface area contributed by atoms with Crippen molar-refractivity contribution in [2.24, 2.45) is 0 Å². The SMILES string of the molecule is Cc1ccc(C(CC(=O)O)Cn2c3c(c4cc(Cl)ccc42)CN(C)CC3)cn1. The van der Waals surface area contributed by atoms with Crippen LogP contribution in [0.3, 0.4) is 0 Å². The Kier molecular flexibility index (Phi) is 5.13. The fraction of sp³-hybridized carbons (Fsp3) is 0.364. The minimum Gasteiger partial charge on any atom is -0.481 e. The van der Waals surface area contributed by atoms with Gasteiger partial charge in [0.05, 0.1) is 6.42 Å². The van der Waals surface area contributed by atoms with E-state index in [1.54, 1.807) is 0 Å². The molecule has 0 fully saturated rings. The van der Waals surface area contributed by atoms with E-state index in [1.165, 1.54) is 16.6 Å². The van der Waals surface area contributed by atoms with Crippen molar-refractivity contribution in [3.05, 3.63) is 64.1 Å². The number of benzene rings is 1. The summed E-state index contributed by atoms with van der Waals surface area (Å²) in [5.41, 5.74) is 5.62. The van der Waals surface area contributed by atoms with Crippen LogP contribution in [0.1, 0.15) is 34.9 Å². The number of nitrogens with zero attached hydrogens (tertiary/aromatic N) is 3. The number of halogens is 1. The van der Waals surface area contributed by atoms with Crippen LogP contribution in [0.15, 0.2) is 36.5 Å². The van der Waals surface area contributed by atoms with Crippen LogP contribution in [0.25, 0.3) is 10.9 Å². The Bertz CT molecular complexity index is 1030. The van der Waals surface area contributed by atoms with Gasteiger partial charge >= 0.3 is 5.97 Å². The molecule has 0 spiro atoms. The number of hydrogen-bond donors (Lipinski definition) is 1. The first kappa shape index (κ1) is 19.0. The zero-order valence-corrected chi connectivity index (χ0v) is 16.9. The molecule has 4 rings (SSSR count). The number of aryl methyl sites for hydroxylation is 1. The van der Waals surface area contributed by atoms with E-state index in [0.717, 1.165) is 41.3 Å². The third kappa shape index (κ3) is 3.64. The molecule has 1 aliphatic heterocycles. The molecule has 1 N–H and O–H groups in total. The monoisotopic (exact) mass is 397 g/mol. The average Bonchev–Trinajstić information content (AvgIpc) is 2.94. The van der Waals surface area contributed by atoms with Crippen LogP contribution < -0.4 is 0 Å². The van der Waals surface area contributed by atoms with Gasteiger partial charge < -0.3 is 14.6 Å². The summed E-state index contributed by atoms with van der Waals surface area (Å²) in [6.07, 6.45) is 2.84. The van der Waals surface area contributed by atoms with Gasteiger partial charge in [0.15, 0.2) is 0 Å². The highest BCUT2D eigenvalue weighted by Gasteiger charge is 2.25. The van der Waals surface area contributed by atoms with Crippen LogP contribution in [0, 0.1) is 6.92 Å². The molecule has 1 atom stereocenters. The molecule has 0 aliphatic carbocycles. The van der Waals surface area contributed by atoms with Crippen molar-refractivity contribution < 1.29 is 9.90 Å². The molecule has 146 valence electrons. The van der Waals surface area contributed by atoms with E-state index in [1.807, 2.05) is 37.4 Å². The number of carbonyl (C=O) groups is 1. The van der Waals surface area contributed by atoms with Crippen LogP contribution >= 0.6 is 11.6 Å². The van der Waals surface area contributed by atoms with Crippen molar-refractivity contribution in [3.63, 3.8) is 0 Å². The van der Waals surface area contributed by atoms with Gasteiger partial charge in [0.2, 0.25) is 0 Å². The molecule has 28 heavy (non-hydrogen) atoms. The summed E-state index contributed by atoms with van der Waals surface area (Å²) in [7, 11) is 2.13. The summed E-state index contributed by atoms with van der Waals surface area (Å²) in [6.45, 7) is 4.43. The standard InChI is InChI=1S/C22H24ClN3O2/c1-14-3-4-15(11-24-14)16(9-22(27)28)12-26-20-6-5-17(23)10-18(20)19-13-25(2)8-7-21(19)26/h3-6,10-11,16H,7-9,12-13H2,1-2H3,(H,27,28). The summed E-state index contributed by atoms with van der Waals surface area (Å²) >= 11 is 6.28. The minimum atomic E-state index is -0.793. The lowest BCUT2D eigenvalue weighted by atomic mass is 9.96. The lowest BCUT2D eigenvalue weighted by Gasteiger charge is -2.25. The van der Waals surface area contributed by atoms with Gasteiger partial charge in [0.25, 0.3) is 0 Å². The average molecular weight is 398 g/mol. The highest BCUT2D eigenvalue weighted by atomic mass is 35.5. The van der Waals surface area contributed by atoms with E-state index in [-0.39, 0.29) is 12.3 Å². The number of carboxylic acid groups (broad SMARTS) is 1. The van der Waals surface area contributed by atoms with Crippen molar-refractivity contribution in [2.75, 3.05) is 13.6 Å². The van der Waals surface area contributed by atoms with Gasteiger partial charge in [0.1, 0.15) is 0 Å². The maximum Gasteiger partial charge on any atom is 0.304 e. The summed E-state index contributed by atoms with van der Waals surface area (Å²) in [5.74, 6) is -0.931. The maximum absolute atomic E-state index is 11.6. The first-order chi connectivity index (χ1) is 13.4. The lowest BCUT2D eigenvalue weighted by molar-refractivity contribution is -0.137. The van der Waals surface area contributed by atoms with E-state index in [2.05, 4.69) is 27.6 Å². The molecule has 5 nitrogen and oxygen atoms in total. The van der Waals surface area contributed by atoms with Crippen LogP contribution in [-0.4, -0.2) is 39.1 Å². The van der Waals surface area contributed by atoms with Gasteiger partial charge in [-0.15, -0.1) is 0 Å². The highest BCUT2D eigenvalue weighted by molar-refractivity contribution is 6.31. The second-order valence-electron chi connectivity index (χ2n) is 7.71. The lowest BCUT2D eigenvalue weighted by Crippen LogP contribution is -2.28. The van der Waals surface area contributed by atoms with E-state index in [4.69, 9.17) is 11.6 Å². The number of carboxylic acids is 1. The molecular weight excluding hydrogens is 374 g/mol. The van der Waals surface area contributed by atoms with Gasteiger partial charge in [-0.1, -0.05) is 17.7 Å². The first-order valence-electron chi connectivity index (χ1n) is 9.54. The number of aromatic nitrogens is 2. The van der Waals surface area contributed by atoms with E-state index < -0.39 is 5.97 Å². The molecule has 3 aromatic rings. The van der Waals surface area contributed by atoms with Gasteiger partial charge in [-0.2, -0.15) is 0 Å². The van der Waals surface area contributed by atoms with Crippen molar-refractivity contribution in [1.29, 1.82) is 0 Å². The third-order valence-corrected chi connectivity index (χ3v) is 5.87. The molecule has 0 saturated heterocycles. The predicted octanol–water partition coefficient (Wildman–Crippen LogP) is 4.24. The first-order valence-corrected chi connectivity index (χ1v) is 9.92. The Balaban J connectivity index is 1.80. The molecule has 2 aromatic heterocycles. The number of pyridine rings is 1. The molecule has 1 aromatic carbocycles. The van der Waals surface area contributed by atoms with Crippen molar-refractivity contribution in [2.45, 2.75) is 38.8 Å². The smallest absolute Gasteiger partial charge is 0.304 e. The van der Waals surface area contributed by atoms with Crippen molar-refractivity contribution >= 4 is 28.5 Å². The largest absolute Gasteiger partial charge is 0.481 e. The second kappa shape index (κ2) is 7.57. The van der Waals surface area contributed by atoms with E-state index >= 15 is 0 Å². The van der Waals surface area contributed by atoms with Crippen molar-refractivity contribution in [3.8, 4) is 0 Å².